The average Bonchev–Trinajstić information content (AvgIpc) is 3.04. The number of carbonyl (C=O) groups excluding carboxylic acids is 1. The molecule has 124 valence electrons. The molecule has 1 fully saturated rings. The van der Waals surface area contributed by atoms with Crippen LogP contribution in [0.1, 0.15) is 21.5 Å². The van der Waals surface area contributed by atoms with Gasteiger partial charge in [0.1, 0.15) is 0 Å². The van der Waals surface area contributed by atoms with E-state index in [0.29, 0.717) is 32.3 Å². The number of carbonyl (C=O) groups is 1. The van der Waals surface area contributed by atoms with E-state index in [2.05, 4.69) is 29.6 Å². The summed E-state index contributed by atoms with van der Waals surface area (Å²) >= 11 is 0. The predicted molar refractivity (Wildman–Crippen MR) is 94.4 cm³/mol. The smallest absolute Gasteiger partial charge is 0.254 e. The van der Waals surface area contributed by atoms with Gasteiger partial charge in [-0.2, -0.15) is 0 Å². The summed E-state index contributed by atoms with van der Waals surface area (Å²) in [6.07, 6.45) is 2.08. The lowest BCUT2D eigenvalue weighted by Crippen LogP contribution is -2.40. The second-order valence-corrected chi connectivity index (χ2v) is 6.50. The van der Waals surface area contributed by atoms with Crippen LogP contribution in [0.3, 0.4) is 0 Å². The van der Waals surface area contributed by atoms with Gasteiger partial charge in [0.05, 0.1) is 13.2 Å². The minimum Gasteiger partial charge on any atom is -0.382 e. The third-order valence-corrected chi connectivity index (χ3v) is 4.83. The first-order chi connectivity index (χ1) is 11.8. The van der Waals surface area contributed by atoms with Gasteiger partial charge in [-0.25, -0.2) is 0 Å². The predicted octanol–water partition coefficient (Wildman–Crippen LogP) is 2.74. The molecule has 1 aliphatic carbocycles. The van der Waals surface area contributed by atoms with Gasteiger partial charge in [-0.05, 0) is 42.2 Å². The third kappa shape index (κ3) is 3.15. The van der Waals surface area contributed by atoms with Crippen LogP contribution in [0, 0.1) is 0 Å². The fourth-order valence-corrected chi connectivity index (χ4v) is 3.59. The molecule has 1 amide bonds. The van der Waals surface area contributed by atoms with E-state index in [1.54, 1.807) is 0 Å². The normalized spacial score (nSPS) is 17.6. The Balaban J connectivity index is 1.44. The number of rotatable bonds is 3. The molecule has 0 radical (unpaired) electrons. The molecule has 0 aromatic heterocycles. The van der Waals surface area contributed by atoms with Gasteiger partial charge in [0.15, 0.2) is 0 Å². The number of anilines is 1. The summed E-state index contributed by atoms with van der Waals surface area (Å²) in [5.41, 5.74) is 4.62. The monoisotopic (exact) mass is 322 g/mol. The number of benzene rings is 2. The molecule has 0 spiro atoms. The summed E-state index contributed by atoms with van der Waals surface area (Å²) in [4.78, 5) is 14.5. The first kappa shape index (κ1) is 15.2. The van der Waals surface area contributed by atoms with Crippen molar-refractivity contribution in [2.45, 2.75) is 18.9 Å². The first-order valence-corrected chi connectivity index (χ1v) is 8.60. The number of hydrogen-bond acceptors (Lipinski definition) is 3. The summed E-state index contributed by atoms with van der Waals surface area (Å²) in [7, 11) is 0. The molecule has 0 unspecified atom stereocenters. The topological polar surface area (TPSA) is 41.6 Å². The Labute approximate surface area is 142 Å². The van der Waals surface area contributed by atoms with Gasteiger partial charge in [-0.15, -0.1) is 0 Å². The van der Waals surface area contributed by atoms with E-state index in [4.69, 9.17) is 4.74 Å². The molecule has 2 aromatic rings. The van der Waals surface area contributed by atoms with Gasteiger partial charge in [-0.1, -0.05) is 30.3 Å². The molecule has 1 N–H and O–H groups in total. The second kappa shape index (κ2) is 6.65. The largest absolute Gasteiger partial charge is 0.382 e. The van der Waals surface area contributed by atoms with Crippen LogP contribution in [0.25, 0.3) is 0 Å². The van der Waals surface area contributed by atoms with Crippen LogP contribution in [-0.4, -0.2) is 43.2 Å². The molecule has 4 heteroatoms. The molecule has 1 aliphatic heterocycles. The Bertz CT molecular complexity index is 713. The van der Waals surface area contributed by atoms with Crippen LogP contribution >= 0.6 is 0 Å². The fourth-order valence-electron chi connectivity index (χ4n) is 3.59. The summed E-state index contributed by atoms with van der Waals surface area (Å²) in [6, 6.07) is 16.9. The third-order valence-electron chi connectivity index (χ3n) is 4.83. The highest BCUT2D eigenvalue weighted by atomic mass is 16.5. The Morgan fingerprint density at radius 3 is 2.42 bits per heavy atom. The number of hydrogen-bond donors (Lipinski definition) is 1. The average molecular weight is 322 g/mol. The van der Waals surface area contributed by atoms with Crippen molar-refractivity contribution in [1.29, 1.82) is 0 Å². The van der Waals surface area contributed by atoms with Gasteiger partial charge in [0.2, 0.25) is 0 Å². The summed E-state index contributed by atoms with van der Waals surface area (Å²) < 4.78 is 5.32. The Hall–Kier alpha value is -2.33. The Morgan fingerprint density at radius 2 is 1.71 bits per heavy atom. The zero-order valence-corrected chi connectivity index (χ0v) is 13.7. The van der Waals surface area contributed by atoms with Gasteiger partial charge in [0.25, 0.3) is 5.91 Å². The van der Waals surface area contributed by atoms with E-state index in [-0.39, 0.29) is 5.91 Å². The number of fused-ring (bicyclic) bond motifs is 1. The number of nitrogens with one attached hydrogen (secondary N) is 1. The Kier molecular flexibility index (Phi) is 4.22. The van der Waals surface area contributed by atoms with Crippen molar-refractivity contribution in [2.75, 3.05) is 31.6 Å². The molecule has 1 saturated heterocycles. The van der Waals surface area contributed by atoms with Crippen molar-refractivity contribution in [1.82, 2.24) is 4.90 Å². The maximum Gasteiger partial charge on any atom is 0.254 e. The minimum absolute atomic E-state index is 0.0941. The number of morpholine rings is 1. The highest BCUT2D eigenvalue weighted by molar-refractivity contribution is 5.95. The molecular weight excluding hydrogens is 300 g/mol. The van der Waals surface area contributed by atoms with Crippen LogP contribution < -0.4 is 5.32 Å². The van der Waals surface area contributed by atoms with Crippen molar-refractivity contribution in [2.24, 2.45) is 0 Å². The highest BCUT2D eigenvalue weighted by Crippen LogP contribution is 2.25. The van der Waals surface area contributed by atoms with Crippen LogP contribution in [0.4, 0.5) is 5.69 Å². The quantitative estimate of drug-likeness (QED) is 0.945. The lowest BCUT2D eigenvalue weighted by molar-refractivity contribution is 0.0303. The van der Waals surface area contributed by atoms with Crippen LogP contribution in [0.15, 0.2) is 48.5 Å². The molecule has 0 atom stereocenters. The maximum atomic E-state index is 12.6. The standard InChI is InChI=1S/C20H22N2O2/c23-20(22-8-10-24-11-9-22)17-6-3-7-18(14-17)21-19-12-15-4-1-2-5-16(15)13-19/h1-7,14,19,21H,8-13H2. The lowest BCUT2D eigenvalue weighted by atomic mass is 10.1. The van der Waals surface area contributed by atoms with Gasteiger partial charge in [0, 0.05) is 30.4 Å². The molecular formula is C20H22N2O2. The number of ether oxygens (including phenoxy) is 1. The van der Waals surface area contributed by atoms with Crippen LogP contribution in [0.5, 0.6) is 0 Å². The van der Waals surface area contributed by atoms with Gasteiger partial charge >= 0.3 is 0 Å². The maximum absolute atomic E-state index is 12.6. The molecule has 2 aliphatic rings. The van der Waals surface area contributed by atoms with Crippen LogP contribution in [-0.2, 0) is 17.6 Å². The van der Waals surface area contributed by atoms with E-state index >= 15 is 0 Å². The molecule has 4 rings (SSSR count). The summed E-state index contributed by atoms with van der Waals surface area (Å²) in [5, 5.41) is 3.59. The molecule has 0 saturated carbocycles. The zero-order valence-electron chi connectivity index (χ0n) is 13.7. The highest BCUT2D eigenvalue weighted by Gasteiger charge is 2.22. The van der Waals surface area contributed by atoms with Crippen molar-refractivity contribution < 1.29 is 9.53 Å². The van der Waals surface area contributed by atoms with Gasteiger partial charge in [-0.3, -0.25) is 4.79 Å². The van der Waals surface area contributed by atoms with E-state index < -0.39 is 0 Å². The molecule has 4 nitrogen and oxygen atoms in total. The molecule has 0 bridgehead atoms. The van der Waals surface area contributed by atoms with E-state index in [1.165, 1.54) is 11.1 Å². The van der Waals surface area contributed by atoms with E-state index in [1.807, 2.05) is 29.2 Å². The zero-order chi connectivity index (χ0) is 16.4. The fraction of sp³-hybridized carbons (Fsp3) is 0.350. The van der Waals surface area contributed by atoms with Crippen molar-refractivity contribution >= 4 is 11.6 Å². The second-order valence-electron chi connectivity index (χ2n) is 6.50. The molecule has 2 aromatic carbocycles. The molecule has 24 heavy (non-hydrogen) atoms. The molecule has 1 heterocycles. The Morgan fingerprint density at radius 1 is 1.00 bits per heavy atom. The summed E-state index contributed by atoms with van der Waals surface area (Å²) in [5.74, 6) is 0.0941. The lowest BCUT2D eigenvalue weighted by Gasteiger charge is -2.27. The minimum atomic E-state index is 0.0941. The van der Waals surface area contributed by atoms with Gasteiger partial charge < -0.3 is 15.0 Å². The van der Waals surface area contributed by atoms with E-state index in [0.717, 1.165) is 24.1 Å². The van der Waals surface area contributed by atoms with Crippen molar-refractivity contribution in [3.63, 3.8) is 0 Å². The summed E-state index contributed by atoms with van der Waals surface area (Å²) in [6.45, 7) is 2.61. The van der Waals surface area contributed by atoms with Crippen molar-refractivity contribution in [3.8, 4) is 0 Å². The SMILES string of the molecule is O=C(c1cccc(NC2Cc3ccccc3C2)c1)N1CCOCC1. The first-order valence-electron chi connectivity index (χ1n) is 8.60. The van der Waals surface area contributed by atoms with Crippen molar-refractivity contribution in [3.05, 3.63) is 65.2 Å². The van der Waals surface area contributed by atoms with E-state index in [9.17, 15) is 4.79 Å². The number of amides is 1. The van der Waals surface area contributed by atoms with Crippen LogP contribution in [0.2, 0.25) is 0 Å². The number of nitrogens with zero attached hydrogens (tertiary/aromatic N) is 1.